The van der Waals surface area contributed by atoms with Crippen LogP contribution in [0.3, 0.4) is 0 Å². The van der Waals surface area contributed by atoms with Crippen LogP contribution in [0.1, 0.15) is 50.3 Å². The van der Waals surface area contributed by atoms with Crippen molar-refractivity contribution in [1.29, 1.82) is 5.26 Å². The summed E-state index contributed by atoms with van der Waals surface area (Å²) in [5.74, 6) is 0. The maximum absolute atomic E-state index is 8.52. The molecule has 1 aromatic carbocycles. The Bertz CT molecular complexity index is 424. The first kappa shape index (κ1) is 14.6. The van der Waals surface area contributed by atoms with Gasteiger partial charge in [-0.1, -0.05) is 32.9 Å². The molecule has 1 rings (SSSR count). The number of benzene rings is 1. The zero-order chi connectivity index (χ0) is 13.8. The lowest BCUT2D eigenvalue weighted by molar-refractivity contribution is 0.589. The minimum absolute atomic E-state index is 0.189. The van der Waals surface area contributed by atoms with Gasteiger partial charge < -0.3 is 5.32 Å². The molecule has 0 bridgehead atoms. The van der Waals surface area contributed by atoms with Gasteiger partial charge in [-0.05, 0) is 42.4 Å². The molecule has 0 aliphatic carbocycles. The summed E-state index contributed by atoms with van der Waals surface area (Å²) in [5, 5.41) is 12.0. The summed E-state index contributed by atoms with van der Waals surface area (Å²) in [5.41, 5.74) is 5.37. The Morgan fingerprint density at radius 2 is 1.72 bits per heavy atom. The molecule has 98 valence electrons. The first-order valence-corrected chi connectivity index (χ1v) is 6.59. The zero-order valence-electron chi connectivity index (χ0n) is 12.2. The van der Waals surface area contributed by atoms with Crippen molar-refractivity contribution in [1.82, 2.24) is 0 Å². The van der Waals surface area contributed by atoms with Crippen molar-refractivity contribution in [2.75, 3.05) is 11.9 Å². The predicted octanol–water partition coefficient (Wildman–Crippen LogP) is 4.32. The van der Waals surface area contributed by atoms with Gasteiger partial charge in [-0.25, -0.2) is 0 Å². The zero-order valence-corrected chi connectivity index (χ0v) is 12.2. The number of nitrogens with one attached hydrogen (secondary N) is 1. The number of anilines is 1. The number of nitrogens with zero attached hydrogens (tertiary/aromatic N) is 1. The molecule has 0 aromatic heterocycles. The topological polar surface area (TPSA) is 35.8 Å². The molecule has 0 aliphatic rings. The largest absolute Gasteiger partial charge is 0.385 e. The van der Waals surface area contributed by atoms with Crippen LogP contribution in [-0.4, -0.2) is 6.54 Å². The molecule has 0 unspecified atom stereocenters. The molecule has 0 saturated heterocycles. The molecule has 2 nitrogen and oxygen atoms in total. The first-order chi connectivity index (χ1) is 8.36. The predicted molar refractivity (Wildman–Crippen MR) is 78.0 cm³/mol. The Morgan fingerprint density at radius 3 is 2.17 bits per heavy atom. The molecule has 0 saturated carbocycles. The van der Waals surface area contributed by atoms with E-state index in [-0.39, 0.29) is 5.41 Å². The second kappa shape index (κ2) is 5.91. The highest BCUT2D eigenvalue weighted by Gasteiger charge is 2.15. The van der Waals surface area contributed by atoms with Crippen molar-refractivity contribution in [3.05, 3.63) is 28.8 Å². The molecule has 0 atom stereocenters. The molecular formula is C16H24N2. The maximum Gasteiger partial charge on any atom is 0.0622 e. The molecule has 18 heavy (non-hydrogen) atoms. The van der Waals surface area contributed by atoms with Crippen molar-refractivity contribution >= 4 is 5.69 Å². The van der Waals surface area contributed by atoms with Crippen LogP contribution >= 0.6 is 0 Å². The summed E-state index contributed by atoms with van der Waals surface area (Å²) in [4.78, 5) is 0. The average molecular weight is 244 g/mol. The molecular weight excluding hydrogens is 220 g/mol. The van der Waals surface area contributed by atoms with Gasteiger partial charge in [0.15, 0.2) is 0 Å². The first-order valence-electron chi connectivity index (χ1n) is 6.59. The average Bonchev–Trinajstić information content (AvgIpc) is 2.25. The van der Waals surface area contributed by atoms with Crippen LogP contribution in [0.15, 0.2) is 12.1 Å². The van der Waals surface area contributed by atoms with Gasteiger partial charge in [0.25, 0.3) is 0 Å². The Kier molecular flexibility index (Phi) is 4.78. The quantitative estimate of drug-likeness (QED) is 0.801. The minimum Gasteiger partial charge on any atom is -0.385 e. The summed E-state index contributed by atoms with van der Waals surface area (Å²) in [6.45, 7) is 11.9. The highest BCUT2D eigenvalue weighted by molar-refractivity contribution is 5.59. The molecule has 0 amide bonds. The van der Waals surface area contributed by atoms with Gasteiger partial charge in [0.1, 0.15) is 0 Å². The van der Waals surface area contributed by atoms with Gasteiger partial charge in [0.2, 0.25) is 0 Å². The van der Waals surface area contributed by atoms with Crippen molar-refractivity contribution in [3.63, 3.8) is 0 Å². The fourth-order valence-corrected chi connectivity index (χ4v) is 2.06. The number of hydrogen-bond acceptors (Lipinski definition) is 2. The van der Waals surface area contributed by atoms with Crippen LogP contribution in [0.4, 0.5) is 5.69 Å². The van der Waals surface area contributed by atoms with E-state index in [1.54, 1.807) is 0 Å². The van der Waals surface area contributed by atoms with E-state index in [9.17, 15) is 0 Å². The van der Waals surface area contributed by atoms with Crippen LogP contribution in [0.2, 0.25) is 0 Å². The van der Waals surface area contributed by atoms with Gasteiger partial charge in [-0.3, -0.25) is 0 Å². The normalized spacial score (nSPS) is 11.1. The smallest absolute Gasteiger partial charge is 0.0622 e. The monoisotopic (exact) mass is 244 g/mol. The molecule has 0 fully saturated rings. The third-order valence-electron chi connectivity index (χ3n) is 3.17. The molecule has 0 aliphatic heterocycles. The van der Waals surface area contributed by atoms with E-state index in [2.05, 4.69) is 58.1 Å². The Morgan fingerprint density at radius 1 is 1.17 bits per heavy atom. The maximum atomic E-state index is 8.52. The molecule has 0 heterocycles. The summed E-state index contributed by atoms with van der Waals surface area (Å²) in [6.07, 6.45) is 1.52. The Labute approximate surface area is 111 Å². The molecule has 0 radical (unpaired) electrons. The van der Waals surface area contributed by atoms with E-state index in [1.165, 1.54) is 22.4 Å². The number of aryl methyl sites for hydroxylation is 2. The lowest BCUT2D eigenvalue weighted by Crippen LogP contribution is -2.13. The van der Waals surface area contributed by atoms with Crippen LogP contribution in [0, 0.1) is 25.2 Å². The van der Waals surface area contributed by atoms with E-state index < -0.39 is 0 Å². The van der Waals surface area contributed by atoms with E-state index in [1.807, 2.05) is 0 Å². The Balaban J connectivity index is 2.86. The van der Waals surface area contributed by atoms with Gasteiger partial charge in [0, 0.05) is 18.7 Å². The fraction of sp³-hybridized carbons (Fsp3) is 0.562. The molecule has 2 heteroatoms. The Hall–Kier alpha value is -1.49. The standard InChI is InChI=1S/C16H24N2/c1-12-10-14(16(3,4)5)11-13(2)15(12)18-9-7-6-8-17/h10-11,18H,6-7,9H2,1-5H3. The summed E-state index contributed by atoms with van der Waals surface area (Å²) >= 11 is 0. The number of unbranched alkanes of at least 4 members (excludes halogenated alkanes) is 1. The molecule has 1 aromatic rings. The van der Waals surface area contributed by atoms with Crippen molar-refractivity contribution in [3.8, 4) is 6.07 Å². The third kappa shape index (κ3) is 3.77. The second-order valence-electron chi connectivity index (χ2n) is 5.92. The van der Waals surface area contributed by atoms with Gasteiger partial charge in [-0.2, -0.15) is 5.26 Å². The number of hydrogen-bond donors (Lipinski definition) is 1. The van der Waals surface area contributed by atoms with E-state index in [0.29, 0.717) is 6.42 Å². The molecule has 1 N–H and O–H groups in total. The summed E-state index contributed by atoms with van der Waals surface area (Å²) < 4.78 is 0. The number of nitriles is 1. The van der Waals surface area contributed by atoms with Crippen LogP contribution in [0.25, 0.3) is 0 Å². The SMILES string of the molecule is Cc1cc(C(C)(C)C)cc(C)c1NCCCC#N. The summed E-state index contributed by atoms with van der Waals surface area (Å²) in [6, 6.07) is 6.70. The second-order valence-corrected chi connectivity index (χ2v) is 5.92. The fourth-order valence-electron chi connectivity index (χ4n) is 2.06. The van der Waals surface area contributed by atoms with Crippen molar-refractivity contribution in [2.24, 2.45) is 0 Å². The highest BCUT2D eigenvalue weighted by Crippen LogP contribution is 2.29. The van der Waals surface area contributed by atoms with Gasteiger partial charge >= 0.3 is 0 Å². The van der Waals surface area contributed by atoms with E-state index in [4.69, 9.17) is 5.26 Å². The van der Waals surface area contributed by atoms with E-state index in [0.717, 1.165) is 13.0 Å². The van der Waals surface area contributed by atoms with Gasteiger partial charge in [-0.15, -0.1) is 0 Å². The number of rotatable bonds is 4. The van der Waals surface area contributed by atoms with Crippen LogP contribution < -0.4 is 5.32 Å². The third-order valence-corrected chi connectivity index (χ3v) is 3.17. The van der Waals surface area contributed by atoms with Crippen molar-refractivity contribution in [2.45, 2.75) is 52.9 Å². The van der Waals surface area contributed by atoms with Crippen molar-refractivity contribution < 1.29 is 0 Å². The molecule has 0 spiro atoms. The van der Waals surface area contributed by atoms with Crippen LogP contribution in [0.5, 0.6) is 0 Å². The summed E-state index contributed by atoms with van der Waals surface area (Å²) in [7, 11) is 0. The minimum atomic E-state index is 0.189. The van der Waals surface area contributed by atoms with Gasteiger partial charge in [0.05, 0.1) is 6.07 Å². The van der Waals surface area contributed by atoms with E-state index >= 15 is 0 Å². The lowest BCUT2D eigenvalue weighted by atomic mass is 9.85. The highest BCUT2D eigenvalue weighted by atomic mass is 14.9. The lowest BCUT2D eigenvalue weighted by Gasteiger charge is -2.22. The van der Waals surface area contributed by atoms with Crippen LogP contribution in [-0.2, 0) is 5.41 Å².